The van der Waals surface area contributed by atoms with Crippen LogP contribution in [-0.2, 0) is 10.9 Å². The summed E-state index contributed by atoms with van der Waals surface area (Å²) in [5, 5.41) is 2.12. The third-order valence-electron chi connectivity index (χ3n) is 2.62. The molecule has 1 rings (SSSR count). The summed E-state index contributed by atoms with van der Waals surface area (Å²) in [6.45, 7) is 0.479. The number of hydrogen-bond donors (Lipinski definition) is 1. The summed E-state index contributed by atoms with van der Waals surface area (Å²) in [7, 11) is 1.49. The fraction of sp³-hybridized carbons (Fsp3) is 0.462. The number of benzene rings is 1. The number of ether oxygens (including phenoxy) is 1. The van der Waals surface area contributed by atoms with Crippen molar-refractivity contribution in [2.75, 3.05) is 20.3 Å². The Morgan fingerprint density at radius 3 is 2.71 bits per heavy atom. The lowest BCUT2D eigenvalue weighted by atomic mass is 10.1. The Hall–Kier alpha value is -0.790. The van der Waals surface area contributed by atoms with E-state index in [1.54, 1.807) is 0 Å². The highest BCUT2D eigenvalue weighted by molar-refractivity contribution is 9.10. The van der Waals surface area contributed by atoms with Crippen LogP contribution in [0.2, 0.25) is 0 Å². The van der Waals surface area contributed by atoms with Gasteiger partial charge in [-0.15, -0.1) is 11.6 Å². The molecule has 118 valence electrons. The van der Waals surface area contributed by atoms with E-state index in [2.05, 4.69) is 21.2 Å². The molecule has 0 fully saturated rings. The van der Waals surface area contributed by atoms with E-state index in [0.29, 0.717) is 13.0 Å². The quantitative estimate of drug-likeness (QED) is 0.752. The van der Waals surface area contributed by atoms with Gasteiger partial charge in [-0.2, -0.15) is 13.2 Å². The number of rotatable bonds is 6. The first kappa shape index (κ1) is 18.3. The molecule has 0 heterocycles. The molecule has 0 aliphatic rings. The third kappa shape index (κ3) is 5.84. The minimum absolute atomic E-state index is 0.170. The van der Waals surface area contributed by atoms with Crippen molar-refractivity contribution in [3.05, 3.63) is 33.8 Å². The van der Waals surface area contributed by atoms with Crippen LogP contribution in [0.3, 0.4) is 0 Å². The van der Waals surface area contributed by atoms with Crippen LogP contribution in [0.5, 0.6) is 0 Å². The molecule has 1 atom stereocenters. The van der Waals surface area contributed by atoms with Gasteiger partial charge >= 0.3 is 6.18 Å². The number of hydrogen-bond acceptors (Lipinski definition) is 2. The topological polar surface area (TPSA) is 38.3 Å². The number of nitrogens with one attached hydrogen (secondary N) is 1. The Labute approximate surface area is 133 Å². The van der Waals surface area contributed by atoms with Gasteiger partial charge in [0.2, 0.25) is 0 Å². The molecule has 1 unspecified atom stereocenters. The maximum Gasteiger partial charge on any atom is 0.417 e. The highest BCUT2D eigenvalue weighted by Gasteiger charge is 2.35. The Kier molecular flexibility index (Phi) is 6.96. The molecule has 21 heavy (non-hydrogen) atoms. The Morgan fingerprint density at radius 1 is 1.48 bits per heavy atom. The average Bonchev–Trinajstić information content (AvgIpc) is 2.37. The lowest BCUT2D eigenvalue weighted by Gasteiger charge is -2.14. The summed E-state index contributed by atoms with van der Waals surface area (Å²) in [4.78, 5) is 11.9. The maximum absolute atomic E-state index is 12.9. The Morgan fingerprint density at radius 2 is 2.14 bits per heavy atom. The second-order valence-corrected chi connectivity index (χ2v) is 5.82. The van der Waals surface area contributed by atoms with Crippen LogP contribution in [0, 0.1) is 0 Å². The van der Waals surface area contributed by atoms with Crippen molar-refractivity contribution in [2.45, 2.75) is 18.0 Å². The lowest BCUT2D eigenvalue weighted by molar-refractivity contribution is -0.138. The Bertz CT molecular complexity index is 497. The van der Waals surface area contributed by atoms with Gasteiger partial charge in [0.1, 0.15) is 0 Å². The standard InChI is InChI=1S/C13H14BrClF3NO2/c1-21-7-9(15)4-5-19-12(20)10-3-2-8(14)6-11(10)13(16,17)18/h2-3,6,9H,4-5,7H2,1H3,(H,19,20). The number of methoxy groups -OCH3 is 1. The van der Waals surface area contributed by atoms with Crippen LogP contribution >= 0.6 is 27.5 Å². The molecule has 0 saturated carbocycles. The van der Waals surface area contributed by atoms with E-state index in [1.807, 2.05) is 0 Å². The summed E-state index contributed by atoms with van der Waals surface area (Å²) in [6, 6.07) is 3.40. The fourth-order valence-corrected chi connectivity index (χ4v) is 2.25. The molecule has 3 nitrogen and oxygen atoms in total. The van der Waals surface area contributed by atoms with Crippen molar-refractivity contribution in [1.29, 1.82) is 0 Å². The van der Waals surface area contributed by atoms with Crippen LogP contribution in [0.15, 0.2) is 22.7 Å². The summed E-state index contributed by atoms with van der Waals surface area (Å²) in [5.74, 6) is -0.781. The van der Waals surface area contributed by atoms with Crippen LogP contribution in [0.25, 0.3) is 0 Å². The van der Waals surface area contributed by atoms with Crippen molar-refractivity contribution in [3.63, 3.8) is 0 Å². The van der Waals surface area contributed by atoms with Crippen LogP contribution in [-0.4, -0.2) is 31.5 Å². The summed E-state index contributed by atoms with van der Waals surface area (Å²) in [6.07, 6.45) is -4.19. The highest BCUT2D eigenvalue weighted by Crippen LogP contribution is 2.33. The molecule has 0 saturated heterocycles. The molecule has 1 aromatic carbocycles. The molecule has 0 bridgehead atoms. The van der Waals surface area contributed by atoms with Crippen LogP contribution in [0.1, 0.15) is 22.3 Å². The number of amides is 1. The monoisotopic (exact) mass is 387 g/mol. The summed E-state index contributed by atoms with van der Waals surface area (Å²) < 4.78 is 43.8. The van der Waals surface area contributed by atoms with Crippen LogP contribution in [0.4, 0.5) is 13.2 Å². The van der Waals surface area contributed by atoms with Gasteiger partial charge < -0.3 is 10.1 Å². The zero-order valence-electron chi connectivity index (χ0n) is 11.1. The van der Waals surface area contributed by atoms with Gasteiger partial charge in [0.25, 0.3) is 5.91 Å². The second-order valence-electron chi connectivity index (χ2n) is 4.28. The van der Waals surface area contributed by atoms with Crippen molar-refractivity contribution < 1.29 is 22.7 Å². The smallest absolute Gasteiger partial charge is 0.383 e. The first-order chi connectivity index (χ1) is 9.75. The third-order valence-corrected chi connectivity index (χ3v) is 3.46. The van der Waals surface area contributed by atoms with Crippen molar-refractivity contribution in [3.8, 4) is 0 Å². The number of carbonyl (C=O) groups excluding carboxylic acids is 1. The maximum atomic E-state index is 12.9. The molecule has 0 spiro atoms. The lowest BCUT2D eigenvalue weighted by Crippen LogP contribution is -2.29. The van der Waals surface area contributed by atoms with E-state index in [4.69, 9.17) is 16.3 Å². The SMILES string of the molecule is COCC(Cl)CCNC(=O)c1ccc(Br)cc1C(F)(F)F. The van der Waals surface area contributed by atoms with Gasteiger partial charge in [-0.1, -0.05) is 15.9 Å². The minimum atomic E-state index is -4.60. The van der Waals surface area contributed by atoms with Gasteiger partial charge in [-0.05, 0) is 24.6 Å². The summed E-state index contributed by atoms with van der Waals surface area (Å²) in [5.41, 5.74) is -1.39. The predicted octanol–water partition coefficient (Wildman–Crippen LogP) is 3.84. The first-order valence-electron chi connectivity index (χ1n) is 6.03. The molecule has 0 radical (unpaired) electrons. The fourth-order valence-electron chi connectivity index (χ4n) is 1.65. The van der Waals surface area contributed by atoms with E-state index in [1.165, 1.54) is 13.2 Å². The minimum Gasteiger partial charge on any atom is -0.383 e. The predicted molar refractivity (Wildman–Crippen MR) is 77.6 cm³/mol. The molecule has 1 amide bonds. The van der Waals surface area contributed by atoms with Crippen molar-refractivity contribution in [1.82, 2.24) is 5.32 Å². The molecule has 1 aromatic rings. The largest absolute Gasteiger partial charge is 0.417 e. The first-order valence-corrected chi connectivity index (χ1v) is 7.26. The zero-order valence-corrected chi connectivity index (χ0v) is 13.5. The highest BCUT2D eigenvalue weighted by atomic mass is 79.9. The molecule has 0 aromatic heterocycles. The van der Waals surface area contributed by atoms with E-state index < -0.39 is 23.2 Å². The molecule has 0 aliphatic heterocycles. The van der Waals surface area contributed by atoms with E-state index in [-0.39, 0.29) is 16.4 Å². The molecule has 8 heteroatoms. The number of carbonyl (C=O) groups is 1. The van der Waals surface area contributed by atoms with Crippen molar-refractivity contribution >= 4 is 33.4 Å². The number of alkyl halides is 4. The molecular weight excluding hydrogens is 374 g/mol. The zero-order chi connectivity index (χ0) is 16.0. The van der Waals surface area contributed by atoms with Gasteiger partial charge in [0.15, 0.2) is 0 Å². The van der Waals surface area contributed by atoms with Gasteiger partial charge in [0, 0.05) is 18.1 Å². The van der Waals surface area contributed by atoms with Gasteiger partial charge in [-0.3, -0.25) is 4.79 Å². The average molecular weight is 389 g/mol. The Balaban J connectivity index is 2.75. The van der Waals surface area contributed by atoms with E-state index >= 15 is 0 Å². The molecule has 0 aliphatic carbocycles. The second kappa shape index (κ2) is 8.00. The van der Waals surface area contributed by atoms with Crippen molar-refractivity contribution in [2.24, 2.45) is 0 Å². The van der Waals surface area contributed by atoms with Gasteiger partial charge in [0.05, 0.1) is 23.1 Å². The molecular formula is C13H14BrClF3NO2. The van der Waals surface area contributed by atoms with Gasteiger partial charge in [-0.25, -0.2) is 0 Å². The summed E-state index contributed by atoms with van der Waals surface area (Å²) >= 11 is 8.84. The van der Waals surface area contributed by atoms with E-state index in [0.717, 1.165) is 12.1 Å². The van der Waals surface area contributed by atoms with E-state index in [9.17, 15) is 18.0 Å². The molecule has 1 N–H and O–H groups in total. The van der Waals surface area contributed by atoms with Crippen LogP contribution < -0.4 is 5.32 Å². The normalized spacial score (nSPS) is 13.0. The number of halogens is 5.